The minimum atomic E-state index is -4.78. The van der Waals surface area contributed by atoms with Crippen molar-refractivity contribution in [1.29, 1.82) is 0 Å². The summed E-state index contributed by atoms with van der Waals surface area (Å²) in [6.45, 7) is 0. The second-order valence-corrected chi connectivity index (χ2v) is 8.40. The van der Waals surface area contributed by atoms with Crippen LogP contribution >= 0.6 is 0 Å². The van der Waals surface area contributed by atoms with Crippen LogP contribution in [0.3, 0.4) is 0 Å². The molecule has 1 aliphatic heterocycles. The van der Waals surface area contributed by atoms with Crippen LogP contribution in [0.1, 0.15) is 52.3 Å². The number of oxime groups is 1. The third-order valence-corrected chi connectivity index (χ3v) is 5.80. The fourth-order valence-electron chi connectivity index (χ4n) is 4.02. The first kappa shape index (κ1) is 26.1. The van der Waals surface area contributed by atoms with Crippen molar-refractivity contribution in [2.24, 2.45) is 5.16 Å². The number of nitrogens with zero attached hydrogens (tertiary/aromatic N) is 2. The molecule has 2 aromatic carbocycles. The lowest BCUT2D eigenvalue weighted by atomic mass is 9.86. The van der Waals surface area contributed by atoms with E-state index in [0.717, 1.165) is 42.6 Å². The van der Waals surface area contributed by atoms with Gasteiger partial charge in [-0.1, -0.05) is 41.6 Å². The van der Waals surface area contributed by atoms with Gasteiger partial charge in [-0.2, -0.15) is 26.3 Å². The molecule has 0 spiro atoms. The van der Waals surface area contributed by atoms with E-state index in [1.165, 1.54) is 0 Å². The molecule has 2 heterocycles. The third kappa shape index (κ3) is 6.22. The van der Waals surface area contributed by atoms with E-state index in [1.54, 1.807) is 24.3 Å². The van der Waals surface area contributed by atoms with Crippen molar-refractivity contribution in [3.05, 3.63) is 100 Å². The third-order valence-electron chi connectivity index (χ3n) is 5.80. The molecule has 192 valence electrons. The Labute approximate surface area is 206 Å². The molecule has 0 saturated heterocycles. The van der Waals surface area contributed by atoms with Gasteiger partial charge in [-0.05, 0) is 41.0 Å². The highest BCUT2D eigenvalue weighted by atomic mass is 19.4. The Hall–Kier alpha value is -4.02. The molecule has 5 nitrogen and oxygen atoms in total. The molecule has 0 unspecified atom stereocenters. The van der Waals surface area contributed by atoms with Crippen LogP contribution in [-0.4, -0.2) is 22.4 Å². The van der Waals surface area contributed by atoms with E-state index >= 15 is 0 Å². The lowest BCUT2D eigenvalue weighted by Gasteiger charge is -2.21. The number of halogens is 6. The van der Waals surface area contributed by atoms with Gasteiger partial charge in [-0.25, -0.2) is 4.79 Å². The lowest BCUT2D eigenvalue weighted by molar-refractivity contribution is -0.140. The first-order valence-electron chi connectivity index (χ1n) is 11.0. The summed E-state index contributed by atoms with van der Waals surface area (Å²) < 4.78 is 80.2. The van der Waals surface area contributed by atoms with Gasteiger partial charge in [0, 0.05) is 25.0 Å². The summed E-state index contributed by atoms with van der Waals surface area (Å²) in [6, 6.07) is 12.1. The van der Waals surface area contributed by atoms with Crippen LogP contribution in [0.25, 0.3) is 0 Å². The molecule has 11 heteroatoms. The number of carbonyl (C=O) groups excluding carboxylic acids is 2. The molecule has 0 radical (unpaired) electrons. The van der Waals surface area contributed by atoms with Crippen LogP contribution in [-0.2, 0) is 33.2 Å². The zero-order chi connectivity index (χ0) is 26.8. The molecule has 0 fully saturated rings. The van der Waals surface area contributed by atoms with Gasteiger partial charge in [0.15, 0.2) is 0 Å². The number of ketones is 1. The van der Waals surface area contributed by atoms with E-state index in [9.17, 15) is 35.9 Å². The van der Waals surface area contributed by atoms with Crippen LogP contribution in [0.4, 0.5) is 26.3 Å². The molecule has 1 aromatic heterocycles. The van der Waals surface area contributed by atoms with Gasteiger partial charge in [-0.3, -0.25) is 9.78 Å². The van der Waals surface area contributed by atoms with E-state index in [2.05, 4.69) is 15.0 Å². The van der Waals surface area contributed by atoms with E-state index in [4.69, 9.17) is 0 Å². The van der Waals surface area contributed by atoms with Gasteiger partial charge in [0.05, 0.1) is 29.0 Å². The summed E-state index contributed by atoms with van der Waals surface area (Å²) in [7, 11) is 0. The molecule has 0 saturated carbocycles. The Morgan fingerprint density at radius 1 is 0.919 bits per heavy atom. The zero-order valence-corrected chi connectivity index (χ0v) is 18.9. The molecule has 0 bridgehead atoms. The molecule has 4 rings (SSSR count). The van der Waals surface area contributed by atoms with Gasteiger partial charge in [0.2, 0.25) is 0 Å². The maximum atomic E-state index is 13.7. The van der Waals surface area contributed by atoms with Gasteiger partial charge in [-0.15, -0.1) is 0 Å². The number of alkyl halides is 6. The average molecular weight is 520 g/mol. The average Bonchev–Trinajstić information content (AvgIpc) is 3.28. The quantitative estimate of drug-likeness (QED) is 0.279. The van der Waals surface area contributed by atoms with Gasteiger partial charge < -0.3 is 4.84 Å². The number of Topliss-reactive ketones (excluding diaryl/α,β-unsaturated/α-hetero) is 1. The van der Waals surface area contributed by atoms with Crippen LogP contribution in [0.15, 0.2) is 72.0 Å². The number of carbonyl (C=O) groups is 2. The predicted octanol–water partition coefficient (Wildman–Crippen LogP) is 6.10. The molecular formula is C26H18F6N2O3. The van der Waals surface area contributed by atoms with Crippen molar-refractivity contribution in [1.82, 2.24) is 4.98 Å². The summed E-state index contributed by atoms with van der Waals surface area (Å²) in [5.74, 6) is -2.15. The molecular weight excluding hydrogens is 502 g/mol. The maximum Gasteiger partial charge on any atom is 0.418 e. The van der Waals surface area contributed by atoms with Crippen LogP contribution in [0, 0.1) is 0 Å². The fraction of sp³-hybridized carbons (Fsp3) is 0.231. The highest BCUT2D eigenvalue weighted by Gasteiger charge is 2.37. The maximum absolute atomic E-state index is 13.7. The summed E-state index contributed by atoms with van der Waals surface area (Å²) >= 11 is 0. The van der Waals surface area contributed by atoms with Crippen LogP contribution < -0.4 is 0 Å². The Morgan fingerprint density at radius 2 is 1.59 bits per heavy atom. The molecule has 0 amide bonds. The van der Waals surface area contributed by atoms with Crippen molar-refractivity contribution in [2.45, 2.75) is 37.5 Å². The number of rotatable bonds is 7. The van der Waals surface area contributed by atoms with Crippen molar-refractivity contribution in [3.8, 4) is 0 Å². The highest BCUT2D eigenvalue weighted by molar-refractivity contribution is 6.11. The van der Waals surface area contributed by atoms with Crippen molar-refractivity contribution in [3.63, 3.8) is 0 Å². The number of hydrogen-bond donors (Lipinski definition) is 0. The summed E-state index contributed by atoms with van der Waals surface area (Å²) in [5.41, 5.74) is -0.758. The Balaban J connectivity index is 1.60. The standard InChI is InChI=1S/C26H18F6N2O3/c27-25(28,29)18-9-7-16(8-10-18)20(24-21(26(30,31)32)2-1-11-33-24)13-19(35)12-15-3-5-17(6-4-15)22-14-23(36)37-34-22/h1-11,20H,12-14H2/t20-/m0/s1. The number of pyridine rings is 1. The normalized spacial score (nSPS) is 14.8. The van der Waals surface area contributed by atoms with E-state index in [-0.39, 0.29) is 18.4 Å². The van der Waals surface area contributed by atoms with Crippen LogP contribution in [0.5, 0.6) is 0 Å². The second-order valence-electron chi connectivity index (χ2n) is 8.40. The van der Waals surface area contributed by atoms with Crippen molar-refractivity contribution < 1.29 is 40.8 Å². The largest absolute Gasteiger partial charge is 0.418 e. The second kappa shape index (κ2) is 10.2. The van der Waals surface area contributed by atoms with Gasteiger partial charge >= 0.3 is 18.3 Å². The lowest BCUT2D eigenvalue weighted by Crippen LogP contribution is -2.18. The number of aromatic nitrogens is 1. The smallest absolute Gasteiger partial charge is 0.318 e. The Morgan fingerprint density at radius 3 is 2.16 bits per heavy atom. The zero-order valence-electron chi connectivity index (χ0n) is 18.9. The summed E-state index contributed by atoms with van der Waals surface area (Å²) in [5, 5.41) is 3.66. The molecule has 1 aliphatic rings. The number of hydrogen-bond acceptors (Lipinski definition) is 5. The molecule has 3 aromatic rings. The predicted molar refractivity (Wildman–Crippen MR) is 120 cm³/mol. The topological polar surface area (TPSA) is 68.6 Å². The van der Waals surface area contributed by atoms with Gasteiger partial charge in [0.25, 0.3) is 0 Å². The molecule has 37 heavy (non-hydrogen) atoms. The van der Waals surface area contributed by atoms with E-state index in [1.807, 2.05) is 0 Å². The van der Waals surface area contributed by atoms with Crippen molar-refractivity contribution in [2.75, 3.05) is 0 Å². The number of benzene rings is 2. The first-order chi connectivity index (χ1) is 17.4. The Bertz CT molecular complexity index is 1330. The van der Waals surface area contributed by atoms with Gasteiger partial charge in [0.1, 0.15) is 5.78 Å². The van der Waals surface area contributed by atoms with Crippen molar-refractivity contribution >= 4 is 17.5 Å². The summed E-state index contributed by atoms with van der Waals surface area (Å²) in [4.78, 5) is 32.6. The van der Waals surface area contributed by atoms with E-state index < -0.39 is 53.3 Å². The van der Waals surface area contributed by atoms with Crippen LogP contribution in [0.2, 0.25) is 0 Å². The SMILES string of the molecule is O=C(Cc1ccc(C2=NOC(=O)C2)cc1)C[C@@H](c1ccc(C(F)(F)F)cc1)c1ncccc1C(F)(F)F. The molecule has 1 atom stereocenters. The summed E-state index contributed by atoms with van der Waals surface area (Å²) in [6.07, 6.45) is -8.79. The minimum Gasteiger partial charge on any atom is -0.318 e. The minimum absolute atomic E-state index is 0.0126. The Kier molecular flexibility index (Phi) is 7.15. The first-order valence-corrected chi connectivity index (χ1v) is 11.0. The monoisotopic (exact) mass is 520 g/mol. The highest BCUT2D eigenvalue weighted by Crippen LogP contribution is 2.39. The van der Waals surface area contributed by atoms with E-state index in [0.29, 0.717) is 16.8 Å². The molecule has 0 aliphatic carbocycles. The molecule has 0 N–H and O–H groups in total. The fourth-order valence-corrected chi connectivity index (χ4v) is 4.02.